The minimum Gasteiger partial charge on any atom is -0.465 e. The van der Waals surface area contributed by atoms with Crippen molar-refractivity contribution in [2.24, 2.45) is 0 Å². The number of ether oxygens (including phenoxy) is 1. The van der Waals surface area contributed by atoms with E-state index in [-0.39, 0.29) is 31.0 Å². The molecule has 0 radical (unpaired) electrons. The molecule has 3 rings (SSSR count). The van der Waals surface area contributed by atoms with Crippen LogP contribution < -0.4 is 10.6 Å². The number of piperidine rings is 1. The molecule has 1 fully saturated rings. The van der Waals surface area contributed by atoms with Crippen molar-refractivity contribution in [2.45, 2.75) is 45.6 Å². The van der Waals surface area contributed by atoms with Gasteiger partial charge in [0.05, 0.1) is 24.2 Å². The van der Waals surface area contributed by atoms with E-state index in [9.17, 15) is 14.4 Å². The molecule has 0 unspecified atom stereocenters. The van der Waals surface area contributed by atoms with Crippen LogP contribution in [0.3, 0.4) is 0 Å². The number of urea groups is 1. The van der Waals surface area contributed by atoms with Crippen molar-refractivity contribution in [3.05, 3.63) is 47.8 Å². The number of imidazole rings is 1. The number of rotatable bonds is 9. The van der Waals surface area contributed by atoms with E-state index >= 15 is 0 Å². The molecular weight excluding hydrogens is 424 g/mol. The number of nitrogens with zero attached hydrogens (tertiary/aromatic N) is 4. The molecular formula is C23H32N6O4. The molecule has 1 aliphatic rings. The van der Waals surface area contributed by atoms with Crippen molar-refractivity contribution in [2.75, 3.05) is 32.8 Å². The van der Waals surface area contributed by atoms with Crippen molar-refractivity contribution in [1.82, 2.24) is 30.1 Å². The topological polar surface area (TPSA) is 118 Å². The van der Waals surface area contributed by atoms with Crippen LogP contribution in [0.25, 0.3) is 0 Å². The Morgan fingerprint density at radius 2 is 1.97 bits per heavy atom. The second-order valence-electron chi connectivity index (χ2n) is 8.02. The lowest BCUT2D eigenvalue weighted by atomic mass is 9.90. The number of carbonyl (C=O) groups excluding carboxylic acids is 3. The van der Waals surface area contributed by atoms with E-state index < -0.39 is 5.97 Å². The molecule has 0 aromatic carbocycles. The molecule has 2 aromatic rings. The number of pyridine rings is 1. The maximum absolute atomic E-state index is 12.9. The minimum absolute atomic E-state index is 0.0886. The SMILES string of the molecule is CCOC(=O)CNC(=O)N1CCC(c2nc(C)ccc2C(=O)NCCCn2ccnc2)CC1. The lowest BCUT2D eigenvalue weighted by Crippen LogP contribution is -2.46. The first-order valence-electron chi connectivity index (χ1n) is 11.4. The number of aromatic nitrogens is 3. The Morgan fingerprint density at radius 3 is 2.67 bits per heavy atom. The first-order chi connectivity index (χ1) is 16.0. The summed E-state index contributed by atoms with van der Waals surface area (Å²) in [5, 5.41) is 5.59. The summed E-state index contributed by atoms with van der Waals surface area (Å²) >= 11 is 0. The van der Waals surface area contributed by atoms with Gasteiger partial charge in [0.15, 0.2) is 0 Å². The zero-order valence-electron chi connectivity index (χ0n) is 19.2. The van der Waals surface area contributed by atoms with Crippen molar-refractivity contribution >= 4 is 17.9 Å². The van der Waals surface area contributed by atoms with Gasteiger partial charge in [-0.15, -0.1) is 0 Å². The van der Waals surface area contributed by atoms with Crippen LogP contribution in [0.15, 0.2) is 30.9 Å². The van der Waals surface area contributed by atoms with Gasteiger partial charge in [-0.05, 0) is 45.2 Å². The van der Waals surface area contributed by atoms with Gasteiger partial charge in [0, 0.05) is 50.2 Å². The maximum Gasteiger partial charge on any atom is 0.325 e. The van der Waals surface area contributed by atoms with Crippen LogP contribution >= 0.6 is 0 Å². The van der Waals surface area contributed by atoms with E-state index in [1.807, 2.05) is 29.8 Å². The molecule has 178 valence electrons. The summed E-state index contributed by atoms with van der Waals surface area (Å²) in [7, 11) is 0. The van der Waals surface area contributed by atoms with E-state index in [4.69, 9.17) is 4.74 Å². The van der Waals surface area contributed by atoms with Gasteiger partial charge in [0.2, 0.25) is 0 Å². The predicted molar refractivity (Wildman–Crippen MR) is 122 cm³/mol. The molecule has 1 saturated heterocycles. The Bertz CT molecular complexity index is 938. The average Bonchev–Trinajstić information content (AvgIpc) is 3.34. The van der Waals surface area contributed by atoms with E-state index in [0.29, 0.717) is 38.0 Å². The first kappa shape index (κ1) is 24.2. The van der Waals surface area contributed by atoms with E-state index in [1.54, 1.807) is 24.3 Å². The van der Waals surface area contributed by atoms with Crippen LogP contribution in [0.5, 0.6) is 0 Å². The molecule has 2 aromatic heterocycles. The zero-order chi connectivity index (χ0) is 23.6. The van der Waals surface area contributed by atoms with Crippen molar-refractivity contribution in [1.29, 1.82) is 0 Å². The van der Waals surface area contributed by atoms with Crippen LogP contribution in [-0.4, -0.2) is 70.1 Å². The fourth-order valence-corrected chi connectivity index (χ4v) is 3.89. The van der Waals surface area contributed by atoms with Gasteiger partial charge in [-0.1, -0.05) is 0 Å². The lowest BCUT2D eigenvalue weighted by Gasteiger charge is -2.32. The minimum atomic E-state index is -0.453. The molecule has 3 heterocycles. The van der Waals surface area contributed by atoms with Crippen LogP contribution in [0.2, 0.25) is 0 Å². The van der Waals surface area contributed by atoms with Gasteiger partial charge in [0.1, 0.15) is 6.54 Å². The largest absolute Gasteiger partial charge is 0.465 e. The number of likely N-dealkylation sites (tertiary alicyclic amines) is 1. The molecule has 0 spiro atoms. The first-order valence-corrected chi connectivity index (χ1v) is 11.4. The zero-order valence-corrected chi connectivity index (χ0v) is 19.2. The van der Waals surface area contributed by atoms with Crippen LogP contribution in [-0.2, 0) is 16.1 Å². The standard InChI is InChI=1S/C23H32N6O4/c1-3-33-20(30)15-26-23(32)29-12-7-18(8-13-29)21-19(6-5-17(2)27-21)22(31)25-9-4-11-28-14-10-24-16-28/h5-6,10,14,16,18H,3-4,7-9,11-13,15H2,1-2H3,(H,25,31)(H,26,32). The predicted octanol–water partition coefficient (Wildman–Crippen LogP) is 1.86. The Balaban J connectivity index is 1.53. The molecule has 33 heavy (non-hydrogen) atoms. The normalized spacial score (nSPS) is 14.1. The molecule has 1 aliphatic heterocycles. The third kappa shape index (κ3) is 7.03. The maximum atomic E-state index is 12.9. The van der Waals surface area contributed by atoms with E-state index in [2.05, 4.69) is 20.6 Å². The molecule has 0 atom stereocenters. The molecule has 3 amide bonds. The monoisotopic (exact) mass is 456 g/mol. The summed E-state index contributed by atoms with van der Waals surface area (Å²) in [5.74, 6) is -0.492. The van der Waals surface area contributed by atoms with E-state index in [1.165, 1.54) is 0 Å². The third-order valence-electron chi connectivity index (χ3n) is 5.60. The summed E-state index contributed by atoms with van der Waals surface area (Å²) in [6.07, 6.45) is 7.59. The van der Waals surface area contributed by atoms with Gasteiger partial charge in [-0.2, -0.15) is 0 Å². The van der Waals surface area contributed by atoms with Gasteiger partial charge < -0.3 is 24.8 Å². The van der Waals surface area contributed by atoms with Crippen molar-refractivity contribution in [3.8, 4) is 0 Å². The number of amides is 3. The van der Waals surface area contributed by atoms with Gasteiger partial charge >= 0.3 is 12.0 Å². The number of hydrogen-bond acceptors (Lipinski definition) is 6. The molecule has 2 N–H and O–H groups in total. The molecule has 10 heteroatoms. The van der Waals surface area contributed by atoms with Crippen LogP contribution in [0.4, 0.5) is 4.79 Å². The Morgan fingerprint density at radius 1 is 1.18 bits per heavy atom. The third-order valence-corrected chi connectivity index (χ3v) is 5.60. The smallest absolute Gasteiger partial charge is 0.325 e. The average molecular weight is 457 g/mol. The van der Waals surface area contributed by atoms with Gasteiger partial charge in [-0.25, -0.2) is 9.78 Å². The quantitative estimate of drug-likeness (QED) is 0.439. The fraction of sp³-hybridized carbons (Fsp3) is 0.522. The number of carbonyl (C=O) groups is 3. The van der Waals surface area contributed by atoms with Crippen molar-refractivity contribution < 1.29 is 19.1 Å². The lowest BCUT2D eigenvalue weighted by molar-refractivity contribution is -0.141. The number of nitrogens with one attached hydrogen (secondary N) is 2. The number of esters is 1. The second kappa shape index (κ2) is 12.0. The number of hydrogen-bond donors (Lipinski definition) is 2. The summed E-state index contributed by atoms with van der Waals surface area (Å²) in [6.45, 7) is 6.18. The summed E-state index contributed by atoms with van der Waals surface area (Å²) < 4.78 is 6.81. The highest BCUT2D eigenvalue weighted by atomic mass is 16.5. The van der Waals surface area contributed by atoms with Gasteiger partial charge in [0.25, 0.3) is 5.91 Å². The summed E-state index contributed by atoms with van der Waals surface area (Å²) in [5.41, 5.74) is 2.23. The second-order valence-corrected chi connectivity index (χ2v) is 8.02. The van der Waals surface area contributed by atoms with Crippen LogP contribution in [0, 0.1) is 6.92 Å². The summed E-state index contributed by atoms with van der Waals surface area (Å²) in [4.78, 5) is 47.0. The van der Waals surface area contributed by atoms with Gasteiger partial charge in [-0.3, -0.25) is 14.6 Å². The Kier molecular flexibility index (Phi) is 8.79. The summed E-state index contributed by atoms with van der Waals surface area (Å²) in [6, 6.07) is 3.40. The van der Waals surface area contributed by atoms with Crippen LogP contribution in [0.1, 0.15) is 53.8 Å². The highest BCUT2D eigenvalue weighted by Gasteiger charge is 2.28. The molecule has 0 bridgehead atoms. The highest BCUT2D eigenvalue weighted by Crippen LogP contribution is 2.29. The Labute approximate surface area is 193 Å². The van der Waals surface area contributed by atoms with E-state index in [0.717, 1.165) is 24.4 Å². The highest BCUT2D eigenvalue weighted by molar-refractivity contribution is 5.95. The van der Waals surface area contributed by atoms with Crippen molar-refractivity contribution in [3.63, 3.8) is 0 Å². The molecule has 10 nitrogen and oxygen atoms in total. The fourth-order valence-electron chi connectivity index (χ4n) is 3.89. The molecule has 0 aliphatic carbocycles. The number of aryl methyl sites for hydroxylation is 2. The molecule has 0 saturated carbocycles. The Hall–Kier alpha value is -3.43.